The summed E-state index contributed by atoms with van der Waals surface area (Å²) in [6, 6.07) is 18.3. The number of aryl methyl sites for hydroxylation is 1. The molecule has 0 bridgehead atoms. The number of allylic oxidation sites excluding steroid dienone is 1. The van der Waals surface area contributed by atoms with Crippen LogP contribution in [0.15, 0.2) is 89.3 Å². The Morgan fingerprint density at radius 3 is 2.52 bits per heavy atom. The van der Waals surface area contributed by atoms with E-state index in [9.17, 15) is 22.8 Å². The number of ketones is 1. The standard InChI is InChI=1S/C30H24F3N3O2S2/c1-4-13-35-28(38)24-16-26(20-9-6-5-7-10-20)40-27(24)34-29(35)39-17-25(37)23-14-18(2)36(19(23)3)22-12-8-11-21(15-22)30(31,32)33/h4-12,14-16H,1,13,17H2,2-3H3. The molecule has 5 rings (SSSR count). The van der Waals surface area contributed by atoms with Crippen molar-refractivity contribution in [3.63, 3.8) is 0 Å². The Bertz CT molecular complexity index is 1800. The van der Waals surface area contributed by atoms with Crippen LogP contribution in [-0.4, -0.2) is 25.7 Å². The summed E-state index contributed by atoms with van der Waals surface area (Å²) in [5.41, 5.74) is 1.94. The van der Waals surface area contributed by atoms with E-state index in [4.69, 9.17) is 4.98 Å². The molecule has 3 aromatic heterocycles. The molecule has 3 heterocycles. The highest BCUT2D eigenvalue weighted by Gasteiger charge is 2.31. The van der Waals surface area contributed by atoms with Gasteiger partial charge < -0.3 is 4.57 Å². The van der Waals surface area contributed by atoms with E-state index in [0.717, 1.165) is 34.3 Å². The van der Waals surface area contributed by atoms with Crippen molar-refractivity contribution in [2.45, 2.75) is 31.7 Å². The second-order valence-corrected chi connectivity index (χ2v) is 11.1. The molecule has 5 aromatic rings. The molecule has 0 atom stereocenters. The summed E-state index contributed by atoms with van der Waals surface area (Å²) in [7, 11) is 0. The molecule has 40 heavy (non-hydrogen) atoms. The Balaban J connectivity index is 1.45. The van der Waals surface area contributed by atoms with Crippen LogP contribution in [0.3, 0.4) is 0 Å². The van der Waals surface area contributed by atoms with Gasteiger partial charge in [0.15, 0.2) is 10.9 Å². The maximum Gasteiger partial charge on any atom is 0.416 e. The third kappa shape index (κ3) is 5.29. The molecule has 5 nitrogen and oxygen atoms in total. The lowest BCUT2D eigenvalue weighted by Crippen LogP contribution is -2.22. The van der Waals surface area contributed by atoms with Gasteiger partial charge in [-0.1, -0.05) is 54.2 Å². The SMILES string of the molecule is C=CCn1c(SCC(=O)c2cc(C)n(-c3cccc(C(F)(F)F)c3)c2C)nc2sc(-c3ccccc3)cc2c1=O. The second-order valence-electron chi connectivity index (χ2n) is 9.17. The average molecular weight is 580 g/mol. The fourth-order valence-electron chi connectivity index (χ4n) is 4.61. The van der Waals surface area contributed by atoms with Gasteiger partial charge in [0.2, 0.25) is 0 Å². The average Bonchev–Trinajstić information content (AvgIpc) is 3.50. The number of Topliss-reactive ketones (excluding diaryl/α,β-unsaturated/α-hetero) is 1. The van der Waals surface area contributed by atoms with Crippen LogP contribution in [0.5, 0.6) is 0 Å². The van der Waals surface area contributed by atoms with Gasteiger partial charge in [0.25, 0.3) is 5.56 Å². The minimum Gasteiger partial charge on any atom is -0.318 e. The number of hydrogen-bond acceptors (Lipinski definition) is 5. The first kappa shape index (κ1) is 27.7. The van der Waals surface area contributed by atoms with Crippen molar-refractivity contribution >= 4 is 39.1 Å². The van der Waals surface area contributed by atoms with Crippen molar-refractivity contribution in [2.24, 2.45) is 0 Å². The highest BCUT2D eigenvalue weighted by molar-refractivity contribution is 7.99. The molecule has 10 heteroatoms. The minimum absolute atomic E-state index is 0.00110. The van der Waals surface area contributed by atoms with E-state index in [2.05, 4.69) is 6.58 Å². The number of hydrogen-bond donors (Lipinski definition) is 0. The molecule has 0 spiro atoms. The van der Waals surface area contributed by atoms with Crippen LogP contribution in [-0.2, 0) is 12.7 Å². The molecule has 0 aliphatic heterocycles. The van der Waals surface area contributed by atoms with Crippen LogP contribution in [0.25, 0.3) is 26.3 Å². The number of carbonyl (C=O) groups excluding carboxylic acids is 1. The molecule has 2 aromatic carbocycles. The molecule has 0 saturated heterocycles. The van der Waals surface area contributed by atoms with E-state index in [1.165, 1.54) is 22.0 Å². The van der Waals surface area contributed by atoms with E-state index in [1.807, 2.05) is 36.4 Å². The monoisotopic (exact) mass is 579 g/mol. The first-order chi connectivity index (χ1) is 19.1. The lowest BCUT2D eigenvalue weighted by Gasteiger charge is -2.13. The van der Waals surface area contributed by atoms with E-state index >= 15 is 0 Å². The second kappa shape index (κ2) is 10.9. The molecule has 0 unspecified atom stereocenters. The predicted molar refractivity (Wildman–Crippen MR) is 155 cm³/mol. The van der Waals surface area contributed by atoms with Crippen molar-refractivity contribution in [1.29, 1.82) is 0 Å². The number of rotatable bonds is 8. The fourth-order valence-corrected chi connectivity index (χ4v) is 6.58. The normalized spacial score (nSPS) is 11.7. The molecule has 0 aliphatic carbocycles. The summed E-state index contributed by atoms with van der Waals surface area (Å²) in [6.45, 7) is 7.44. The number of halogens is 3. The number of fused-ring (bicyclic) bond motifs is 1. The molecule has 0 amide bonds. The van der Waals surface area contributed by atoms with Gasteiger partial charge in [0, 0.05) is 34.1 Å². The van der Waals surface area contributed by atoms with Crippen molar-refractivity contribution in [2.75, 3.05) is 5.75 Å². The van der Waals surface area contributed by atoms with E-state index in [-0.39, 0.29) is 23.6 Å². The topological polar surface area (TPSA) is 56.9 Å². The van der Waals surface area contributed by atoms with E-state index in [1.54, 1.807) is 36.6 Å². The van der Waals surface area contributed by atoms with E-state index < -0.39 is 11.7 Å². The largest absolute Gasteiger partial charge is 0.416 e. The van der Waals surface area contributed by atoms with Crippen LogP contribution < -0.4 is 5.56 Å². The van der Waals surface area contributed by atoms with Crippen LogP contribution in [0.2, 0.25) is 0 Å². The molecule has 0 fully saturated rings. The third-order valence-corrected chi connectivity index (χ3v) is 8.54. The number of aromatic nitrogens is 3. The third-order valence-electron chi connectivity index (χ3n) is 6.48. The molecule has 0 saturated carbocycles. The van der Waals surface area contributed by atoms with Gasteiger partial charge >= 0.3 is 6.18 Å². The summed E-state index contributed by atoms with van der Waals surface area (Å²) in [4.78, 5) is 32.9. The quantitative estimate of drug-likeness (QED) is 0.0818. The summed E-state index contributed by atoms with van der Waals surface area (Å²) in [5.74, 6) is -0.217. The Hall–Kier alpha value is -3.89. The molecule has 0 radical (unpaired) electrons. The van der Waals surface area contributed by atoms with Gasteiger partial charge in [0.1, 0.15) is 4.83 Å². The van der Waals surface area contributed by atoms with Gasteiger partial charge in [-0.2, -0.15) is 13.2 Å². The highest BCUT2D eigenvalue weighted by Crippen LogP contribution is 2.33. The van der Waals surface area contributed by atoms with Gasteiger partial charge in [0.05, 0.1) is 16.7 Å². The summed E-state index contributed by atoms with van der Waals surface area (Å²) in [6.07, 6.45) is -2.87. The van der Waals surface area contributed by atoms with Crippen LogP contribution in [0, 0.1) is 13.8 Å². The molecular weight excluding hydrogens is 555 g/mol. The lowest BCUT2D eigenvalue weighted by molar-refractivity contribution is -0.137. The summed E-state index contributed by atoms with van der Waals surface area (Å²) in [5, 5.41) is 0.907. The predicted octanol–water partition coefficient (Wildman–Crippen LogP) is 7.71. The fraction of sp³-hybridized carbons (Fsp3) is 0.167. The number of nitrogens with zero attached hydrogens (tertiary/aromatic N) is 3. The van der Waals surface area contributed by atoms with Gasteiger partial charge in [-0.25, -0.2) is 4.98 Å². The summed E-state index contributed by atoms with van der Waals surface area (Å²) < 4.78 is 43.0. The zero-order valence-corrected chi connectivity index (χ0v) is 23.3. The number of alkyl halides is 3. The van der Waals surface area contributed by atoms with Crippen molar-refractivity contribution in [1.82, 2.24) is 14.1 Å². The number of benzene rings is 2. The van der Waals surface area contributed by atoms with Crippen LogP contribution in [0.1, 0.15) is 27.3 Å². The number of carbonyl (C=O) groups is 1. The smallest absolute Gasteiger partial charge is 0.318 e. The van der Waals surface area contributed by atoms with Crippen molar-refractivity contribution < 1.29 is 18.0 Å². The Morgan fingerprint density at radius 2 is 1.82 bits per heavy atom. The Labute approximate surface area is 236 Å². The molecular formula is C30H24F3N3O2S2. The zero-order valence-electron chi connectivity index (χ0n) is 21.7. The molecule has 0 aliphatic rings. The summed E-state index contributed by atoms with van der Waals surface area (Å²) >= 11 is 2.56. The Morgan fingerprint density at radius 1 is 1.07 bits per heavy atom. The molecule has 204 valence electrons. The maximum absolute atomic E-state index is 13.4. The van der Waals surface area contributed by atoms with E-state index in [0.29, 0.717) is 38.0 Å². The van der Waals surface area contributed by atoms with Crippen molar-refractivity contribution in [3.8, 4) is 16.1 Å². The van der Waals surface area contributed by atoms with Crippen molar-refractivity contribution in [3.05, 3.63) is 112 Å². The maximum atomic E-state index is 13.4. The lowest BCUT2D eigenvalue weighted by atomic mass is 10.1. The zero-order chi connectivity index (χ0) is 28.6. The number of thioether (sulfide) groups is 1. The van der Waals surface area contributed by atoms with Crippen LogP contribution >= 0.6 is 23.1 Å². The van der Waals surface area contributed by atoms with Gasteiger partial charge in [-0.05, 0) is 49.7 Å². The number of thiophene rings is 1. The highest BCUT2D eigenvalue weighted by atomic mass is 32.2. The van der Waals surface area contributed by atoms with Crippen LogP contribution in [0.4, 0.5) is 13.2 Å². The first-order valence-electron chi connectivity index (χ1n) is 12.3. The first-order valence-corrected chi connectivity index (χ1v) is 14.1. The minimum atomic E-state index is -4.47. The Kier molecular flexibility index (Phi) is 7.57. The molecule has 0 N–H and O–H groups in total. The van der Waals surface area contributed by atoms with Gasteiger partial charge in [-0.3, -0.25) is 14.2 Å². The van der Waals surface area contributed by atoms with Gasteiger partial charge in [-0.15, -0.1) is 17.9 Å².